The Hall–Kier alpha value is -8.19. The topological polar surface area (TPSA) is 56.7 Å². The highest BCUT2D eigenvalue weighted by atomic mass is 32.1. The van der Waals surface area contributed by atoms with Crippen molar-refractivity contribution in [3.05, 3.63) is 206 Å². The van der Waals surface area contributed by atoms with Gasteiger partial charge < -0.3 is 8.98 Å². The molecule has 0 fully saturated rings. The van der Waals surface area contributed by atoms with Crippen LogP contribution in [0.2, 0.25) is 0 Å². The molecule has 0 aliphatic heterocycles. The number of thiophene rings is 1. The maximum atomic E-state index is 6.66. The van der Waals surface area contributed by atoms with E-state index in [-0.39, 0.29) is 0 Å². The average Bonchev–Trinajstić information content (AvgIpc) is 4.02. The van der Waals surface area contributed by atoms with Crippen molar-refractivity contribution in [1.82, 2.24) is 19.5 Å². The number of aromatic nitrogens is 4. The molecule has 0 aliphatic carbocycles. The molecule has 0 unspecified atom stereocenters. The van der Waals surface area contributed by atoms with Crippen molar-refractivity contribution in [1.29, 1.82) is 0 Å². The van der Waals surface area contributed by atoms with Crippen molar-refractivity contribution in [2.24, 2.45) is 0 Å². The van der Waals surface area contributed by atoms with E-state index in [0.29, 0.717) is 17.5 Å². The smallest absolute Gasteiger partial charge is 0.164 e. The third-order valence-corrected chi connectivity index (χ3v) is 13.4. The summed E-state index contributed by atoms with van der Waals surface area (Å²) in [5.74, 6) is 1.83. The molecule has 0 saturated heterocycles. The maximum Gasteiger partial charge on any atom is 0.164 e. The first-order valence-corrected chi connectivity index (χ1v) is 21.9. The normalized spacial score (nSPS) is 11.8. The van der Waals surface area contributed by atoms with Gasteiger partial charge in [0.2, 0.25) is 0 Å². The molecular weight excluding hydrogens is 789 g/mol. The molecule has 0 atom stereocenters. The van der Waals surface area contributed by atoms with Gasteiger partial charge in [0.15, 0.2) is 17.5 Å². The van der Waals surface area contributed by atoms with Gasteiger partial charge in [-0.3, -0.25) is 0 Å². The average molecular weight is 823 g/mol. The Morgan fingerprint density at radius 1 is 0.317 bits per heavy atom. The first-order chi connectivity index (χ1) is 31.2. The SMILES string of the molecule is c1ccc(-c2cccc(-c3ccc4sc5cc(-c6nc(-c7ccccc7)nc(-c7ccc8c(c7)oc7cc(-n9c%10ccccc%10c%10ccccc%109)ccc78)n6)ccc5c4c3)c2)cc1. The van der Waals surface area contributed by atoms with Crippen LogP contribution in [0, 0.1) is 0 Å². The predicted octanol–water partition coefficient (Wildman–Crippen LogP) is 15.6. The Bertz CT molecular complexity index is 3870. The molecule has 63 heavy (non-hydrogen) atoms. The number of fused-ring (bicyclic) bond motifs is 9. The number of hydrogen-bond acceptors (Lipinski definition) is 5. The van der Waals surface area contributed by atoms with Gasteiger partial charge in [-0.15, -0.1) is 11.3 Å². The second-order valence-corrected chi connectivity index (χ2v) is 17.1. The molecule has 0 aliphatic rings. The van der Waals surface area contributed by atoms with E-state index in [1.165, 1.54) is 53.2 Å². The van der Waals surface area contributed by atoms with Crippen LogP contribution in [0.25, 0.3) is 126 Å². The van der Waals surface area contributed by atoms with E-state index in [2.05, 4.69) is 180 Å². The lowest BCUT2D eigenvalue weighted by atomic mass is 9.98. The number of benzene rings is 9. The fourth-order valence-electron chi connectivity index (χ4n) is 9.20. The highest BCUT2D eigenvalue weighted by Crippen LogP contribution is 2.40. The third-order valence-electron chi connectivity index (χ3n) is 12.3. The summed E-state index contributed by atoms with van der Waals surface area (Å²) >= 11 is 1.79. The predicted molar refractivity (Wildman–Crippen MR) is 262 cm³/mol. The fraction of sp³-hybridized carbons (Fsp3) is 0. The van der Waals surface area contributed by atoms with Gasteiger partial charge in [0.25, 0.3) is 0 Å². The van der Waals surface area contributed by atoms with Gasteiger partial charge in [-0.05, 0) is 82.9 Å². The van der Waals surface area contributed by atoms with Crippen molar-refractivity contribution in [2.45, 2.75) is 0 Å². The van der Waals surface area contributed by atoms with Crippen LogP contribution in [0.1, 0.15) is 0 Å². The zero-order valence-electron chi connectivity index (χ0n) is 33.7. The molecule has 0 radical (unpaired) electrons. The van der Waals surface area contributed by atoms with Crippen molar-refractivity contribution in [3.8, 4) is 62.1 Å². The van der Waals surface area contributed by atoms with E-state index in [1.807, 2.05) is 30.3 Å². The molecule has 0 bridgehead atoms. The zero-order valence-corrected chi connectivity index (χ0v) is 34.6. The Kier molecular flexibility index (Phi) is 8.01. The molecule has 0 amide bonds. The Balaban J connectivity index is 0.893. The minimum Gasteiger partial charge on any atom is -0.456 e. The first-order valence-electron chi connectivity index (χ1n) is 21.1. The standard InChI is InChI=1S/C57H34N4OS/c1-3-12-35(13-4-1)37-16-11-17-38(30-37)39-24-29-53-48(31-39)47-27-23-41(33-54(47)63-53)57-59-55(36-14-5-2-6-15-36)58-56(60-57)40-22-26-45-46-28-25-42(34-52(46)62-51(45)32-40)61-49-20-9-7-18-43(49)44-19-8-10-21-50(44)61/h1-34H. The van der Waals surface area contributed by atoms with Crippen LogP contribution >= 0.6 is 11.3 Å². The minimum absolute atomic E-state index is 0.589. The minimum atomic E-state index is 0.589. The lowest BCUT2D eigenvalue weighted by Gasteiger charge is -2.09. The van der Waals surface area contributed by atoms with Crippen LogP contribution in [-0.4, -0.2) is 19.5 Å². The summed E-state index contributed by atoms with van der Waals surface area (Å²) in [6.45, 7) is 0. The second-order valence-electron chi connectivity index (χ2n) is 16.0. The van der Waals surface area contributed by atoms with E-state index < -0.39 is 0 Å². The van der Waals surface area contributed by atoms with Crippen molar-refractivity contribution in [2.75, 3.05) is 0 Å². The van der Waals surface area contributed by atoms with Gasteiger partial charge in [-0.2, -0.15) is 0 Å². The summed E-state index contributed by atoms with van der Waals surface area (Å²) in [4.78, 5) is 15.3. The second kappa shape index (κ2) is 14.2. The molecule has 13 rings (SSSR count). The number of nitrogens with zero attached hydrogens (tertiary/aromatic N) is 4. The summed E-state index contributed by atoms with van der Waals surface area (Å²) in [5, 5.41) is 7.02. The number of rotatable bonds is 6. The molecule has 4 aromatic heterocycles. The van der Waals surface area contributed by atoms with Gasteiger partial charge in [0, 0.05) is 70.2 Å². The van der Waals surface area contributed by atoms with Gasteiger partial charge in [-0.25, -0.2) is 15.0 Å². The summed E-state index contributed by atoms with van der Waals surface area (Å²) in [5.41, 5.74) is 12.5. The van der Waals surface area contributed by atoms with Gasteiger partial charge in [-0.1, -0.05) is 140 Å². The summed E-state index contributed by atoms with van der Waals surface area (Å²) < 4.78 is 11.4. The van der Waals surface area contributed by atoms with Crippen molar-refractivity contribution < 1.29 is 4.42 Å². The number of para-hydroxylation sites is 2. The van der Waals surface area contributed by atoms with Crippen LogP contribution in [-0.2, 0) is 0 Å². The number of hydrogen-bond donors (Lipinski definition) is 0. The molecule has 5 nitrogen and oxygen atoms in total. The van der Waals surface area contributed by atoms with E-state index >= 15 is 0 Å². The van der Waals surface area contributed by atoms with Crippen molar-refractivity contribution in [3.63, 3.8) is 0 Å². The third kappa shape index (κ3) is 5.95. The number of furan rings is 1. The Labute approximate surface area is 365 Å². The van der Waals surface area contributed by atoms with E-state index in [9.17, 15) is 0 Å². The lowest BCUT2D eigenvalue weighted by Crippen LogP contribution is -2.00. The molecule has 0 spiro atoms. The van der Waals surface area contributed by atoms with Crippen LogP contribution in [0.3, 0.4) is 0 Å². The molecule has 4 heterocycles. The van der Waals surface area contributed by atoms with Crippen LogP contribution < -0.4 is 0 Å². The van der Waals surface area contributed by atoms with E-state index in [0.717, 1.165) is 55.3 Å². The molecule has 0 saturated carbocycles. The zero-order chi connectivity index (χ0) is 41.4. The molecule has 294 valence electrons. The van der Waals surface area contributed by atoms with Gasteiger partial charge in [0.05, 0.1) is 11.0 Å². The Morgan fingerprint density at radius 3 is 1.56 bits per heavy atom. The van der Waals surface area contributed by atoms with Crippen LogP contribution in [0.15, 0.2) is 211 Å². The summed E-state index contributed by atoms with van der Waals surface area (Å²) in [6, 6.07) is 72.8. The van der Waals surface area contributed by atoms with E-state index in [4.69, 9.17) is 19.4 Å². The van der Waals surface area contributed by atoms with Crippen LogP contribution in [0.5, 0.6) is 0 Å². The quantitative estimate of drug-likeness (QED) is 0.168. The molecular formula is C57H34N4OS. The highest BCUT2D eigenvalue weighted by Gasteiger charge is 2.18. The monoisotopic (exact) mass is 822 g/mol. The summed E-state index contributed by atoms with van der Waals surface area (Å²) in [6.07, 6.45) is 0. The van der Waals surface area contributed by atoms with Gasteiger partial charge in [0.1, 0.15) is 11.2 Å². The lowest BCUT2D eigenvalue weighted by molar-refractivity contribution is 0.668. The highest BCUT2D eigenvalue weighted by molar-refractivity contribution is 7.25. The summed E-state index contributed by atoms with van der Waals surface area (Å²) in [7, 11) is 0. The largest absolute Gasteiger partial charge is 0.456 e. The fourth-order valence-corrected chi connectivity index (χ4v) is 10.3. The maximum absolute atomic E-state index is 6.66. The van der Waals surface area contributed by atoms with E-state index in [1.54, 1.807) is 11.3 Å². The van der Waals surface area contributed by atoms with Crippen LogP contribution in [0.4, 0.5) is 0 Å². The molecule has 0 N–H and O–H groups in total. The van der Waals surface area contributed by atoms with Crippen molar-refractivity contribution >= 4 is 75.3 Å². The molecule has 13 aromatic rings. The Morgan fingerprint density at radius 2 is 0.841 bits per heavy atom. The molecule has 9 aromatic carbocycles. The molecule has 6 heteroatoms. The first kappa shape index (κ1) is 35.6. The van der Waals surface area contributed by atoms with Gasteiger partial charge >= 0.3 is 0 Å².